The Kier molecular flexibility index (Phi) is 4.70. The third-order valence-corrected chi connectivity index (χ3v) is 5.68. The minimum Gasteiger partial charge on any atom is -0.493 e. The summed E-state index contributed by atoms with van der Waals surface area (Å²) in [6, 6.07) is 3.59. The van der Waals surface area contributed by atoms with Crippen LogP contribution < -0.4 is 10.1 Å². The highest BCUT2D eigenvalue weighted by Gasteiger charge is 2.37. The summed E-state index contributed by atoms with van der Waals surface area (Å²) in [7, 11) is 1.62. The van der Waals surface area contributed by atoms with Crippen LogP contribution in [0, 0.1) is 9.62 Å². The molecule has 134 valence electrons. The number of carbonyl (C=O) groups excluding carboxylic acids is 1. The van der Waals surface area contributed by atoms with Crippen LogP contribution in [-0.2, 0) is 4.74 Å². The number of amides is 1. The molecule has 0 radical (unpaired) electrons. The first-order valence-corrected chi connectivity index (χ1v) is 9.80. The predicted octanol–water partition coefficient (Wildman–Crippen LogP) is 3.46. The van der Waals surface area contributed by atoms with Gasteiger partial charge in [0.15, 0.2) is 17.2 Å². The number of hydrogen-bond donors (Lipinski definition) is 1. The van der Waals surface area contributed by atoms with E-state index in [4.69, 9.17) is 9.47 Å². The molecule has 2 heterocycles. The molecule has 0 bridgehead atoms. The van der Waals surface area contributed by atoms with E-state index >= 15 is 0 Å². The smallest absolute Gasteiger partial charge is 0.408 e. The second-order valence-corrected chi connectivity index (χ2v) is 7.81. The van der Waals surface area contributed by atoms with E-state index in [1.54, 1.807) is 11.6 Å². The van der Waals surface area contributed by atoms with Gasteiger partial charge in [-0.3, -0.25) is 0 Å². The van der Waals surface area contributed by atoms with Gasteiger partial charge in [-0.1, -0.05) is 0 Å². The third kappa shape index (κ3) is 3.54. The van der Waals surface area contributed by atoms with Gasteiger partial charge in [-0.15, -0.1) is 5.10 Å². The number of methoxy groups -OCH3 is 1. The van der Waals surface area contributed by atoms with Crippen molar-refractivity contribution in [2.75, 3.05) is 7.11 Å². The predicted molar refractivity (Wildman–Crippen MR) is 99.6 cm³/mol. The van der Waals surface area contributed by atoms with E-state index in [-0.39, 0.29) is 18.2 Å². The molecule has 2 saturated carbocycles. The summed E-state index contributed by atoms with van der Waals surface area (Å²) < 4.78 is 13.6. The molecule has 7 nitrogen and oxygen atoms in total. The first-order chi connectivity index (χ1) is 12.2. The zero-order valence-electron chi connectivity index (χ0n) is 14.1. The Balaban J connectivity index is 1.57. The van der Waals surface area contributed by atoms with Crippen LogP contribution in [0.3, 0.4) is 0 Å². The molecular weight excluding hydrogens is 435 g/mol. The molecule has 2 aliphatic rings. The first kappa shape index (κ1) is 16.9. The van der Waals surface area contributed by atoms with Crippen LogP contribution in [0.4, 0.5) is 4.79 Å². The highest BCUT2D eigenvalue weighted by atomic mass is 127. The van der Waals surface area contributed by atoms with E-state index in [0.717, 1.165) is 42.2 Å². The normalized spacial score (nSPS) is 19.1. The highest BCUT2D eigenvalue weighted by molar-refractivity contribution is 14.1. The number of pyridine rings is 1. The molecule has 1 N–H and O–H groups in total. The standard InChI is InChI=1S/C17H21IN4O3/c1-24-12-8-9-13(18)22-16(12)20-15(21-22)14(10-6-7-10)19-17(23)25-11-4-2-3-5-11/h8-11,14H,2-7H2,1H3,(H,19,23). The van der Waals surface area contributed by atoms with Crippen molar-refractivity contribution >= 4 is 34.3 Å². The molecule has 0 saturated heterocycles. The van der Waals surface area contributed by atoms with Crippen molar-refractivity contribution < 1.29 is 14.3 Å². The zero-order chi connectivity index (χ0) is 17.4. The van der Waals surface area contributed by atoms with Gasteiger partial charge in [-0.25, -0.2) is 14.3 Å². The van der Waals surface area contributed by atoms with E-state index in [2.05, 4.69) is 38.0 Å². The summed E-state index contributed by atoms with van der Waals surface area (Å²) >= 11 is 2.21. The molecule has 2 aliphatic carbocycles. The maximum atomic E-state index is 12.3. The van der Waals surface area contributed by atoms with Crippen LogP contribution in [0.2, 0.25) is 0 Å². The molecule has 0 spiro atoms. The monoisotopic (exact) mass is 456 g/mol. The molecule has 25 heavy (non-hydrogen) atoms. The maximum Gasteiger partial charge on any atom is 0.408 e. The number of hydrogen-bond acceptors (Lipinski definition) is 5. The molecule has 1 atom stereocenters. The Morgan fingerprint density at radius 2 is 2.08 bits per heavy atom. The van der Waals surface area contributed by atoms with Crippen molar-refractivity contribution in [1.29, 1.82) is 0 Å². The molecule has 4 rings (SSSR count). The van der Waals surface area contributed by atoms with Crippen LogP contribution in [0.1, 0.15) is 50.4 Å². The van der Waals surface area contributed by atoms with Gasteiger partial charge >= 0.3 is 6.09 Å². The average molecular weight is 456 g/mol. The molecule has 8 heteroatoms. The fraction of sp³-hybridized carbons (Fsp3) is 0.588. The largest absolute Gasteiger partial charge is 0.493 e. The van der Waals surface area contributed by atoms with Crippen LogP contribution in [0.25, 0.3) is 5.65 Å². The molecule has 2 fully saturated rings. The molecule has 2 aromatic heterocycles. The number of carbonyl (C=O) groups is 1. The van der Waals surface area contributed by atoms with Crippen molar-refractivity contribution in [3.8, 4) is 5.75 Å². The van der Waals surface area contributed by atoms with Crippen molar-refractivity contribution in [3.05, 3.63) is 21.7 Å². The van der Waals surface area contributed by atoms with E-state index in [1.807, 2.05) is 12.1 Å². The third-order valence-electron chi connectivity index (χ3n) is 4.86. The summed E-state index contributed by atoms with van der Waals surface area (Å²) in [6.07, 6.45) is 6.02. The summed E-state index contributed by atoms with van der Waals surface area (Å²) in [5.41, 5.74) is 0.668. The number of alkyl carbamates (subject to hydrolysis) is 1. The van der Waals surface area contributed by atoms with Crippen LogP contribution in [0.15, 0.2) is 12.1 Å². The van der Waals surface area contributed by atoms with Crippen molar-refractivity contribution in [3.63, 3.8) is 0 Å². The Morgan fingerprint density at radius 3 is 2.76 bits per heavy atom. The van der Waals surface area contributed by atoms with E-state index in [9.17, 15) is 4.79 Å². The van der Waals surface area contributed by atoms with Gasteiger partial charge in [0.2, 0.25) is 0 Å². The van der Waals surface area contributed by atoms with Crippen LogP contribution in [-0.4, -0.2) is 33.9 Å². The summed E-state index contributed by atoms with van der Waals surface area (Å²) in [6.45, 7) is 0. The number of rotatable bonds is 5. The van der Waals surface area contributed by atoms with Crippen molar-refractivity contribution in [2.45, 2.75) is 50.7 Å². The zero-order valence-corrected chi connectivity index (χ0v) is 16.2. The average Bonchev–Trinajstić information content (AvgIpc) is 3.12. The molecule has 1 amide bonds. The van der Waals surface area contributed by atoms with Gasteiger partial charge in [-0.05, 0) is 79.2 Å². The van der Waals surface area contributed by atoms with Gasteiger partial charge in [0, 0.05) is 0 Å². The highest BCUT2D eigenvalue weighted by Crippen LogP contribution is 2.40. The maximum absolute atomic E-state index is 12.3. The van der Waals surface area contributed by atoms with E-state index < -0.39 is 0 Å². The van der Waals surface area contributed by atoms with Gasteiger partial charge in [0.1, 0.15) is 9.80 Å². The van der Waals surface area contributed by atoms with Gasteiger partial charge < -0.3 is 14.8 Å². The summed E-state index contributed by atoms with van der Waals surface area (Å²) in [4.78, 5) is 16.9. The number of fused-ring (bicyclic) bond motifs is 1. The van der Waals surface area contributed by atoms with E-state index in [0.29, 0.717) is 23.1 Å². The lowest BCUT2D eigenvalue weighted by atomic mass is 10.2. The van der Waals surface area contributed by atoms with Gasteiger partial charge in [-0.2, -0.15) is 0 Å². The number of aromatic nitrogens is 3. The first-order valence-electron chi connectivity index (χ1n) is 8.72. The van der Waals surface area contributed by atoms with Crippen molar-refractivity contribution in [1.82, 2.24) is 19.9 Å². The Bertz CT molecular complexity index is 784. The SMILES string of the molecule is COc1ccc(I)n2nc(C(NC(=O)OC3CCCC3)C3CC3)nc12. The minimum atomic E-state index is -0.357. The fourth-order valence-corrected chi connectivity index (χ4v) is 3.87. The minimum absolute atomic E-state index is 0.0509. The van der Waals surface area contributed by atoms with Crippen molar-refractivity contribution in [2.24, 2.45) is 5.92 Å². The number of nitrogens with one attached hydrogen (secondary N) is 1. The van der Waals surface area contributed by atoms with Crippen LogP contribution in [0.5, 0.6) is 5.75 Å². The second-order valence-electron chi connectivity index (χ2n) is 6.70. The molecular formula is C17H21IN4O3. The molecule has 0 aliphatic heterocycles. The molecule has 1 unspecified atom stereocenters. The topological polar surface area (TPSA) is 77.8 Å². The molecule has 0 aromatic carbocycles. The Labute approximate surface area is 159 Å². The van der Waals surface area contributed by atoms with E-state index in [1.165, 1.54) is 0 Å². The summed E-state index contributed by atoms with van der Waals surface area (Å²) in [5, 5.41) is 7.61. The Hall–Kier alpha value is -1.58. The lowest BCUT2D eigenvalue weighted by molar-refractivity contribution is 0.0964. The van der Waals surface area contributed by atoms with Gasteiger partial charge in [0.25, 0.3) is 0 Å². The van der Waals surface area contributed by atoms with Crippen LogP contribution >= 0.6 is 22.6 Å². The quantitative estimate of drug-likeness (QED) is 0.551. The fourth-order valence-electron chi connectivity index (χ4n) is 3.36. The Morgan fingerprint density at radius 1 is 1.32 bits per heavy atom. The second kappa shape index (κ2) is 6.97. The van der Waals surface area contributed by atoms with Gasteiger partial charge in [0.05, 0.1) is 13.2 Å². The molecule has 2 aromatic rings. The lowest BCUT2D eigenvalue weighted by Gasteiger charge is -2.17. The summed E-state index contributed by atoms with van der Waals surface area (Å²) in [5.74, 6) is 1.66. The number of halogens is 1. The number of nitrogens with zero attached hydrogens (tertiary/aromatic N) is 3. The number of ether oxygens (including phenoxy) is 2. The lowest BCUT2D eigenvalue weighted by Crippen LogP contribution is -2.33.